The van der Waals surface area contributed by atoms with Gasteiger partial charge >= 0.3 is 0 Å². The Labute approximate surface area is 232 Å². The fourth-order valence-electron chi connectivity index (χ4n) is 5.18. The molecule has 0 bridgehead atoms. The lowest BCUT2D eigenvalue weighted by atomic mass is 9.89. The van der Waals surface area contributed by atoms with Gasteiger partial charge in [0.2, 0.25) is 0 Å². The standard InChI is InChI=1S/C34H30N4O2/c1-38(2)19-18-35-31-32(34(40)33(31)39)37-29-17-16-23-12-6-7-13-24(23)30(29)26(20-22-10-4-3-5-11-22)27-21-36-28-15-9-8-14-25(27)28/h3-17,20-21,35-37H,18-19H2,1-2H3. The number of aromatic amines is 1. The Morgan fingerprint density at radius 3 is 2.30 bits per heavy atom. The van der Waals surface area contributed by atoms with Crippen molar-refractivity contribution >= 4 is 50.4 Å². The van der Waals surface area contributed by atoms with Crippen LogP contribution in [-0.2, 0) is 0 Å². The number of nitrogens with one attached hydrogen (secondary N) is 3. The zero-order valence-corrected chi connectivity index (χ0v) is 22.5. The molecule has 0 aliphatic carbocycles. The summed E-state index contributed by atoms with van der Waals surface area (Å²) in [5.41, 5.74) is 5.52. The lowest BCUT2D eigenvalue weighted by molar-refractivity contribution is 0.425. The minimum absolute atomic E-state index is 0.304. The Kier molecular flexibility index (Phi) is 6.76. The third-order valence-corrected chi connectivity index (χ3v) is 7.22. The highest BCUT2D eigenvalue weighted by atomic mass is 16.2. The van der Waals surface area contributed by atoms with Crippen molar-refractivity contribution in [2.24, 2.45) is 0 Å². The van der Waals surface area contributed by atoms with E-state index in [1.54, 1.807) is 0 Å². The van der Waals surface area contributed by atoms with Gasteiger partial charge in [0.05, 0.1) is 0 Å². The molecule has 6 aromatic rings. The molecule has 0 aliphatic heterocycles. The zero-order chi connectivity index (χ0) is 27.6. The Balaban J connectivity index is 1.56. The number of H-pyrrole nitrogens is 1. The Hall–Kier alpha value is -4.94. The van der Waals surface area contributed by atoms with Crippen molar-refractivity contribution in [3.63, 3.8) is 0 Å². The van der Waals surface area contributed by atoms with Crippen LogP contribution in [-0.4, -0.2) is 37.1 Å². The van der Waals surface area contributed by atoms with E-state index in [1.165, 1.54) is 0 Å². The molecule has 0 unspecified atom stereocenters. The molecule has 0 saturated heterocycles. The minimum Gasteiger partial charge on any atom is -0.379 e. The molecule has 6 rings (SSSR count). The maximum Gasteiger partial charge on any atom is 0.253 e. The van der Waals surface area contributed by atoms with Crippen LogP contribution in [0.2, 0.25) is 0 Å². The second-order valence-corrected chi connectivity index (χ2v) is 10.2. The summed E-state index contributed by atoms with van der Waals surface area (Å²) in [6, 6.07) is 30.7. The average molecular weight is 527 g/mol. The van der Waals surface area contributed by atoms with Crippen molar-refractivity contribution in [3.8, 4) is 0 Å². The van der Waals surface area contributed by atoms with Crippen molar-refractivity contribution in [1.29, 1.82) is 0 Å². The minimum atomic E-state index is -0.507. The normalized spacial score (nSPS) is 12.0. The molecule has 40 heavy (non-hydrogen) atoms. The number of anilines is 3. The van der Waals surface area contributed by atoms with E-state index in [-0.39, 0.29) is 0 Å². The monoisotopic (exact) mass is 526 g/mol. The van der Waals surface area contributed by atoms with Crippen molar-refractivity contribution in [2.75, 3.05) is 37.8 Å². The summed E-state index contributed by atoms with van der Waals surface area (Å²) in [5, 5.41) is 9.75. The number of likely N-dealkylation sites (N-methyl/N-ethyl adjacent to an activating group) is 1. The van der Waals surface area contributed by atoms with Gasteiger partial charge in [-0.15, -0.1) is 0 Å². The summed E-state index contributed by atoms with van der Waals surface area (Å²) in [4.78, 5) is 30.7. The predicted octanol–water partition coefficient (Wildman–Crippen LogP) is 6.22. The summed E-state index contributed by atoms with van der Waals surface area (Å²) in [6.07, 6.45) is 4.22. The quantitative estimate of drug-likeness (QED) is 0.154. The maximum atomic E-state index is 12.8. The van der Waals surface area contributed by atoms with Crippen LogP contribution in [0.4, 0.5) is 17.1 Å². The lowest BCUT2D eigenvalue weighted by Gasteiger charge is -2.21. The molecular weight excluding hydrogens is 496 g/mol. The second-order valence-electron chi connectivity index (χ2n) is 10.2. The van der Waals surface area contributed by atoms with Gasteiger partial charge in [0.25, 0.3) is 10.9 Å². The summed E-state index contributed by atoms with van der Waals surface area (Å²) in [6.45, 7) is 1.30. The number of hydrogen-bond donors (Lipinski definition) is 3. The average Bonchev–Trinajstić information content (AvgIpc) is 3.41. The SMILES string of the molecule is CN(C)CCNc1c(Nc2ccc3ccccc3c2C(=Cc2ccccc2)c2c[nH]c3ccccc23)c(=O)c1=O. The van der Waals surface area contributed by atoms with Gasteiger partial charge in [-0.25, -0.2) is 0 Å². The summed E-state index contributed by atoms with van der Waals surface area (Å²) in [5.74, 6) is 0. The van der Waals surface area contributed by atoms with Crippen LogP contribution in [0, 0.1) is 0 Å². The van der Waals surface area contributed by atoms with Gasteiger partial charge in [-0.05, 0) is 54.2 Å². The molecule has 5 aromatic carbocycles. The van der Waals surface area contributed by atoms with Gasteiger partial charge in [-0.1, -0.05) is 78.9 Å². The Morgan fingerprint density at radius 2 is 1.50 bits per heavy atom. The van der Waals surface area contributed by atoms with E-state index in [0.29, 0.717) is 17.9 Å². The second kappa shape index (κ2) is 10.7. The highest BCUT2D eigenvalue weighted by Crippen LogP contribution is 2.40. The number of benzene rings is 4. The van der Waals surface area contributed by atoms with E-state index in [1.807, 2.05) is 79.8 Å². The Morgan fingerprint density at radius 1 is 0.800 bits per heavy atom. The van der Waals surface area contributed by atoms with Crippen LogP contribution < -0.4 is 21.5 Å². The van der Waals surface area contributed by atoms with Gasteiger partial charge in [0, 0.05) is 47.0 Å². The highest BCUT2D eigenvalue weighted by Gasteiger charge is 2.24. The molecule has 3 N–H and O–H groups in total. The fourth-order valence-corrected chi connectivity index (χ4v) is 5.18. The molecule has 0 spiro atoms. The molecule has 1 heterocycles. The van der Waals surface area contributed by atoms with Crippen LogP contribution in [0.5, 0.6) is 0 Å². The lowest BCUT2D eigenvalue weighted by Crippen LogP contribution is -2.38. The van der Waals surface area contributed by atoms with Gasteiger partial charge in [-0.3, -0.25) is 9.59 Å². The third-order valence-electron chi connectivity index (χ3n) is 7.22. The molecular formula is C34H30N4O2. The van der Waals surface area contributed by atoms with Crippen molar-refractivity contribution in [3.05, 3.63) is 134 Å². The van der Waals surface area contributed by atoms with Gasteiger partial charge < -0.3 is 20.5 Å². The molecule has 0 radical (unpaired) electrons. The molecule has 0 atom stereocenters. The molecule has 0 saturated carbocycles. The van der Waals surface area contributed by atoms with E-state index in [4.69, 9.17) is 0 Å². The summed E-state index contributed by atoms with van der Waals surface area (Å²) >= 11 is 0. The topological polar surface area (TPSA) is 77.2 Å². The molecule has 0 amide bonds. The van der Waals surface area contributed by atoms with E-state index in [0.717, 1.165) is 56.2 Å². The van der Waals surface area contributed by atoms with Crippen LogP contribution in [0.3, 0.4) is 0 Å². The first kappa shape index (κ1) is 25.3. The predicted molar refractivity (Wildman–Crippen MR) is 167 cm³/mol. The van der Waals surface area contributed by atoms with E-state index < -0.39 is 10.9 Å². The first-order valence-electron chi connectivity index (χ1n) is 13.4. The van der Waals surface area contributed by atoms with Crippen LogP contribution >= 0.6 is 0 Å². The van der Waals surface area contributed by atoms with Crippen LogP contribution in [0.15, 0.2) is 107 Å². The number of para-hydroxylation sites is 1. The highest BCUT2D eigenvalue weighted by molar-refractivity contribution is 6.11. The molecule has 1 aromatic heterocycles. The molecule has 6 heteroatoms. The molecule has 198 valence electrons. The van der Waals surface area contributed by atoms with Crippen molar-refractivity contribution in [1.82, 2.24) is 9.88 Å². The van der Waals surface area contributed by atoms with Crippen LogP contribution in [0.25, 0.3) is 33.3 Å². The molecule has 0 aliphatic rings. The largest absolute Gasteiger partial charge is 0.379 e. The van der Waals surface area contributed by atoms with E-state index >= 15 is 0 Å². The third kappa shape index (κ3) is 4.70. The number of rotatable bonds is 9. The first-order valence-corrected chi connectivity index (χ1v) is 13.4. The van der Waals surface area contributed by atoms with E-state index in [9.17, 15) is 9.59 Å². The van der Waals surface area contributed by atoms with Crippen molar-refractivity contribution < 1.29 is 0 Å². The summed E-state index contributed by atoms with van der Waals surface area (Å²) < 4.78 is 0. The molecule has 6 nitrogen and oxygen atoms in total. The maximum absolute atomic E-state index is 12.8. The van der Waals surface area contributed by atoms with Gasteiger partial charge in [-0.2, -0.15) is 0 Å². The van der Waals surface area contributed by atoms with Crippen LogP contribution in [0.1, 0.15) is 16.7 Å². The van der Waals surface area contributed by atoms with Crippen molar-refractivity contribution in [2.45, 2.75) is 0 Å². The number of fused-ring (bicyclic) bond motifs is 2. The van der Waals surface area contributed by atoms with Gasteiger partial charge in [0.15, 0.2) is 0 Å². The summed E-state index contributed by atoms with van der Waals surface area (Å²) in [7, 11) is 3.94. The number of nitrogens with zero attached hydrogens (tertiary/aromatic N) is 1. The first-order chi connectivity index (χ1) is 19.5. The molecule has 0 fully saturated rings. The van der Waals surface area contributed by atoms with Gasteiger partial charge in [0.1, 0.15) is 11.4 Å². The number of hydrogen-bond acceptors (Lipinski definition) is 5. The number of aromatic nitrogens is 1. The van der Waals surface area contributed by atoms with E-state index in [2.05, 4.69) is 58.1 Å². The smallest absolute Gasteiger partial charge is 0.253 e. The zero-order valence-electron chi connectivity index (χ0n) is 22.5. The fraction of sp³-hybridized carbons (Fsp3) is 0.118. The Bertz CT molecular complexity index is 1930.